The zero-order valence-electron chi connectivity index (χ0n) is 43.7. The van der Waals surface area contributed by atoms with Gasteiger partial charge in [-0.25, -0.2) is 4.98 Å². The van der Waals surface area contributed by atoms with Crippen molar-refractivity contribution in [2.75, 3.05) is 113 Å². The van der Waals surface area contributed by atoms with Gasteiger partial charge in [-0.1, -0.05) is 48.0 Å². The number of benzene rings is 4. The molecule has 11 rings (SSSR count). The quantitative estimate of drug-likeness (QED) is 0.0769. The number of methoxy groups -OCH3 is 1. The molecule has 0 saturated carbocycles. The molecule has 6 aromatic rings. The van der Waals surface area contributed by atoms with Crippen molar-refractivity contribution in [3.63, 3.8) is 0 Å². The van der Waals surface area contributed by atoms with Crippen LogP contribution in [0.4, 0.5) is 34.5 Å². The number of ether oxygens (including phenoxy) is 1. The molecule has 4 fully saturated rings. The summed E-state index contributed by atoms with van der Waals surface area (Å²) >= 11 is 6.72. The zero-order chi connectivity index (χ0) is 53.5. The minimum atomic E-state index is -2.74. The van der Waals surface area contributed by atoms with Gasteiger partial charge in [0.15, 0.2) is 5.82 Å². The fraction of sp³-hybridized carbons (Fsp3) is 0.375. The second-order valence-corrected chi connectivity index (χ2v) is 24.4. The molecule has 0 radical (unpaired) electrons. The number of amides is 4. The van der Waals surface area contributed by atoms with Gasteiger partial charge in [-0.2, -0.15) is 10.1 Å². The van der Waals surface area contributed by atoms with E-state index in [0.29, 0.717) is 56.4 Å². The molecule has 400 valence electrons. The van der Waals surface area contributed by atoms with Crippen LogP contribution in [0.15, 0.2) is 97.5 Å². The molecule has 2 aromatic heterocycles. The third kappa shape index (κ3) is 10.9. The summed E-state index contributed by atoms with van der Waals surface area (Å²) in [5, 5.41) is 14.6. The van der Waals surface area contributed by atoms with Gasteiger partial charge in [0.2, 0.25) is 17.8 Å². The Morgan fingerprint density at radius 3 is 2.14 bits per heavy atom. The lowest BCUT2D eigenvalue weighted by atomic mass is 9.98. The number of anilines is 6. The highest BCUT2D eigenvalue weighted by atomic mass is 35.5. The van der Waals surface area contributed by atoms with Crippen molar-refractivity contribution in [2.24, 2.45) is 7.05 Å². The van der Waals surface area contributed by atoms with Gasteiger partial charge >= 0.3 is 0 Å². The first kappa shape index (κ1) is 51.9. The Kier molecular flexibility index (Phi) is 14.6. The maximum atomic E-state index is 13.7. The predicted octanol–water partition coefficient (Wildman–Crippen LogP) is 6.71. The van der Waals surface area contributed by atoms with Crippen LogP contribution in [0.1, 0.15) is 46.4 Å². The number of fused-ring (bicyclic) bond motifs is 1. The number of imide groups is 2. The second-order valence-electron chi connectivity index (χ2n) is 20.9. The number of hydrogen-bond acceptors (Lipinski definition) is 16. The smallest absolute Gasteiger partial charge is 0.262 e. The van der Waals surface area contributed by atoms with E-state index in [1.807, 2.05) is 74.0 Å². The van der Waals surface area contributed by atoms with E-state index in [2.05, 4.69) is 62.7 Å². The van der Waals surface area contributed by atoms with Crippen LogP contribution in [0.3, 0.4) is 0 Å². The molecule has 77 heavy (non-hydrogen) atoms. The highest BCUT2D eigenvalue weighted by molar-refractivity contribution is 7.70. The number of piperidine rings is 2. The van der Waals surface area contributed by atoms with E-state index in [-0.39, 0.29) is 12.8 Å². The van der Waals surface area contributed by atoms with Crippen molar-refractivity contribution < 1.29 is 28.5 Å². The van der Waals surface area contributed by atoms with Gasteiger partial charge in [0, 0.05) is 125 Å². The molecule has 4 aromatic carbocycles. The zero-order valence-corrected chi connectivity index (χ0v) is 45.4. The standard InChI is InChI=1S/C56H63ClN13O6P/c1-64-34-38(32-59-64)42-30-46(61-56-58-33-44(57)52(63-56)60-45-13-10-37(28-50(45)77(3,4)75)36-8-6-5-7-9-36)49(76-2)31-48(42)69-18-16-39(17-19-69)67-24-20-65(21-25-67)35-66-22-26-68(27-23-66)40-11-12-41-43(29-40)55(74)70(54(41)73)47-14-15-51(71)62-53(47)72/h5-13,28-34,39,47H,14-27,35H2,1-4H3,(H,62,71,72)(H2,58,60,61,63). The third-order valence-corrected chi connectivity index (χ3v) is 17.4. The first-order valence-corrected chi connectivity index (χ1v) is 29.2. The van der Waals surface area contributed by atoms with Crippen molar-refractivity contribution >= 4 is 82.2 Å². The van der Waals surface area contributed by atoms with Gasteiger partial charge in [0.1, 0.15) is 24.0 Å². The Bertz CT molecular complexity index is 3290. The molecule has 5 aliphatic heterocycles. The molecule has 1 unspecified atom stereocenters. The molecular formula is C56H63ClN13O6P. The van der Waals surface area contributed by atoms with Gasteiger partial charge in [0.25, 0.3) is 11.8 Å². The summed E-state index contributed by atoms with van der Waals surface area (Å²) in [6.07, 6.45) is 7.73. The summed E-state index contributed by atoms with van der Waals surface area (Å²) in [5.41, 5.74) is 7.85. The molecule has 4 saturated heterocycles. The van der Waals surface area contributed by atoms with E-state index < -0.39 is 36.8 Å². The molecule has 0 bridgehead atoms. The van der Waals surface area contributed by atoms with E-state index >= 15 is 0 Å². The normalized spacial score (nSPS) is 19.2. The monoisotopic (exact) mass is 1080 g/mol. The van der Waals surface area contributed by atoms with Crippen LogP contribution in [0.5, 0.6) is 5.75 Å². The van der Waals surface area contributed by atoms with Gasteiger partial charge in [0.05, 0.1) is 48.7 Å². The number of carbonyl (C=O) groups excluding carboxylic acids is 4. The van der Waals surface area contributed by atoms with Crippen LogP contribution in [0.25, 0.3) is 22.3 Å². The maximum absolute atomic E-state index is 13.7. The van der Waals surface area contributed by atoms with Crippen LogP contribution in [-0.4, -0.2) is 168 Å². The summed E-state index contributed by atoms with van der Waals surface area (Å²) in [6, 6.07) is 24.9. The summed E-state index contributed by atoms with van der Waals surface area (Å²) in [6.45, 7) is 13.5. The third-order valence-electron chi connectivity index (χ3n) is 15.6. The number of aromatic nitrogens is 4. The van der Waals surface area contributed by atoms with Crippen LogP contribution >= 0.6 is 18.7 Å². The molecule has 0 spiro atoms. The van der Waals surface area contributed by atoms with Gasteiger partial charge in [-0.15, -0.1) is 0 Å². The van der Waals surface area contributed by atoms with Crippen LogP contribution in [0.2, 0.25) is 5.02 Å². The van der Waals surface area contributed by atoms with Crippen molar-refractivity contribution in [3.8, 4) is 28.0 Å². The predicted molar refractivity (Wildman–Crippen MR) is 300 cm³/mol. The minimum absolute atomic E-state index is 0.0877. The number of nitrogens with zero attached hydrogens (tertiary/aromatic N) is 10. The first-order chi connectivity index (χ1) is 37.2. The van der Waals surface area contributed by atoms with Crippen LogP contribution in [-0.2, 0) is 21.2 Å². The lowest BCUT2D eigenvalue weighted by Crippen LogP contribution is -2.56. The average molecular weight is 1080 g/mol. The van der Waals surface area contributed by atoms with Gasteiger partial charge in [-0.05, 0) is 80.1 Å². The van der Waals surface area contributed by atoms with E-state index in [9.17, 15) is 23.7 Å². The molecular weight excluding hydrogens is 1020 g/mol. The number of hydrogen-bond donors (Lipinski definition) is 3. The fourth-order valence-electron chi connectivity index (χ4n) is 11.4. The average Bonchev–Trinajstić information content (AvgIpc) is 3.99. The van der Waals surface area contributed by atoms with Crippen molar-refractivity contribution in [1.29, 1.82) is 0 Å². The molecule has 19 nitrogen and oxygen atoms in total. The maximum Gasteiger partial charge on any atom is 0.262 e. The van der Waals surface area contributed by atoms with E-state index in [1.54, 1.807) is 43.5 Å². The number of rotatable bonds is 14. The Morgan fingerprint density at radius 1 is 0.727 bits per heavy atom. The molecule has 1 atom stereocenters. The summed E-state index contributed by atoms with van der Waals surface area (Å²) < 4.78 is 21.5. The Morgan fingerprint density at radius 2 is 1.45 bits per heavy atom. The van der Waals surface area contributed by atoms with E-state index in [0.717, 1.165) is 123 Å². The summed E-state index contributed by atoms with van der Waals surface area (Å²) in [7, 11) is 0.839. The highest BCUT2D eigenvalue weighted by Gasteiger charge is 2.45. The number of halogens is 1. The summed E-state index contributed by atoms with van der Waals surface area (Å²) in [5.74, 6) is -0.671. The van der Waals surface area contributed by atoms with Crippen molar-refractivity contribution in [3.05, 3.63) is 114 Å². The minimum Gasteiger partial charge on any atom is -0.494 e. The Balaban J connectivity index is 0.699. The number of carbonyl (C=O) groups is 4. The Labute approximate surface area is 452 Å². The molecule has 3 N–H and O–H groups in total. The number of aryl methyl sites for hydroxylation is 1. The van der Waals surface area contributed by atoms with Crippen molar-refractivity contribution in [2.45, 2.75) is 37.8 Å². The largest absolute Gasteiger partial charge is 0.494 e. The van der Waals surface area contributed by atoms with Crippen molar-refractivity contribution in [1.82, 2.24) is 44.7 Å². The van der Waals surface area contributed by atoms with Crippen LogP contribution < -0.4 is 35.8 Å². The lowest BCUT2D eigenvalue weighted by Gasteiger charge is -2.45. The molecule has 21 heteroatoms. The fourth-order valence-corrected chi connectivity index (χ4v) is 12.7. The number of nitrogens with one attached hydrogen (secondary N) is 3. The van der Waals surface area contributed by atoms with Crippen LogP contribution in [0, 0.1) is 0 Å². The van der Waals surface area contributed by atoms with Gasteiger partial charge in [-0.3, -0.25) is 48.8 Å². The molecule has 4 amide bonds. The number of piperazine rings is 2. The van der Waals surface area contributed by atoms with E-state index in [4.69, 9.17) is 21.3 Å². The van der Waals surface area contributed by atoms with E-state index in [1.165, 1.54) is 0 Å². The molecule has 0 aliphatic carbocycles. The second kappa shape index (κ2) is 21.7. The summed E-state index contributed by atoms with van der Waals surface area (Å²) in [4.78, 5) is 73.8. The van der Waals surface area contributed by atoms with Gasteiger partial charge < -0.3 is 29.7 Å². The molecule has 7 heterocycles. The topological polar surface area (TPSA) is 194 Å². The Hall–Kier alpha value is -7.15. The SMILES string of the molecule is COc1cc(N2CCC(N3CCN(CN4CCN(c5ccc6c(c5)C(=O)N(C5CCC(=O)NC5=O)C6=O)CC4)CC3)CC2)c(-c2cnn(C)c2)cc1Nc1ncc(Cl)c(Nc2ccc(-c3ccccc3)cc2P(C)(C)=O)n1. The first-order valence-electron chi connectivity index (χ1n) is 26.2. The highest BCUT2D eigenvalue weighted by Crippen LogP contribution is 2.43. The lowest BCUT2D eigenvalue weighted by molar-refractivity contribution is -0.136. The molecule has 5 aliphatic rings.